The number of carbonyl (C=O) groups is 2. The summed E-state index contributed by atoms with van der Waals surface area (Å²) in [5.74, 6) is -1.31. The summed E-state index contributed by atoms with van der Waals surface area (Å²) in [4.78, 5) is 24.1. The molecule has 1 saturated heterocycles. The lowest BCUT2D eigenvalue weighted by Gasteiger charge is -2.23. The summed E-state index contributed by atoms with van der Waals surface area (Å²) in [6.07, 6.45) is 0.613. The first-order chi connectivity index (χ1) is 7.51. The highest BCUT2D eigenvalue weighted by atomic mass is 16.5. The molecule has 16 heavy (non-hydrogen) atoms. The van der Waals surface area contributed by atoms with Gasteiger partial charge in [0.2, 0.25) is 5.91 Å². The number of likely N-dealkylation sites (tertiary alicyclic amines) is 1. The van der Waals surface area contributed by atoms with E-state index in [1.54, 1.807) is 6.92 Å². The first-order valence-electron chi connectivity index (χ1n) is 5.32. The number of hydrogen-bond donors (Lipinski definition) is 2. The Bertz CT molecular complexity index is 282. The van der Waals surface area contributed by atoms with E-state index < -0.39 is 18.1 Å². The van der Waals surface area contributed by atoms with Crippen LogP contribution in [0.5, 0.6) is 0 Å². The molecule has 6 heteroatoms. The zero-order valence-electron chi connectivity index (χ0n) is 9.55. The molecule has 0 radical (unpaired) electrons. The van der Waals surface area contributed by atoms with Gasteiger partial charge in [-0.1, -0.05) is 6.92 Å². The number of hydrogen-bond acceptors (Lipinski definition) is 4. The maximum Gasteiger partial charge on any atom is 0.326 e. The van der Waals surface area contributed by atoms with Gasteiger partial charge in [0.1, 0.15) is 6.04 Å². The summed E-state index contributed by atoms with van der Waals surface area (Å²) >= 11 is 0. The molecule has 6 nitrogen and oxygen atoms in total. The lowest BCUT2D eigenvalue weighted by molar-refractivity contribution is -0.148. The second kappa shape index (κ2) is 5.27. The maximum atomic E-state index is 11.8. The minimum atomic E-state index is -1.00. The van der Waals surface area contributed by atoms with Crippen LogP contribution < -0.4 is 5.73 Å². The van der Waals surface area contributed by atoms with Crippen LogP contribution in [0.1, 0.15) is 19.8 Å². The number of carboxylic acids is 1. The second-order valence-corrected chi connectivity index (χ2v) is 3.95. The number of carbonyl (C=O) groups excluding carboxylic acids is 1. The molecular formula is C10H18N2O4. The third kappa shape index (κ3) is 2.51. The standard InChI is InChI=1S/C10H18N2O4/c1-3-7(11)9(13)12-5-6(16-2)4-8(12)10(14)15/h6-8H,3-5,11H2,1-2H3,(H,14,15)/t6?,7-,8?/m0/s1. The largest absolute Gasteiger partial charge is 0.480 e. The monoisotopic (exact) mass is 230 g/mol. The fourth-order valence-electron chi connectivity index (χ4n) is 1.83. The van der Waals surface area contributed by atoms with E-state index in [-0.39, 0.29) is 12.0 Å². The Hall–Kier alpha value is -1.14. The predicted octanol–water partition coefficient (Wildman–Crippen LogP) is -0.576. The van der Waals surface area contributed by atoms with E-state index in [0.29, 0.717) is 19.4 Å². The quantitative estimate of drug-likeness (QED) is 0.674. The number of nitrogens with zero attached hydrogens (tertiary/aromatic N) is 1. The van der Waals surface area contributed by atoms with E-state index in [1.165, 1.54) is 12.0 Å². The number of methoxy groups -OCH3 is 1. The van der Waals surface area contributed by atoms with Gasteiger partial charge in [-0.2, -0.15) is 0 Å². The van der Waals surface area contributed by atoms with Crippen molar-refractivity contribution in [1.29, 1.82) is 0 Å². The number of amides is 1. The summed E-state index contributed by atoms with van der Waals surface area (Å²) in [7, 11) is 1.51. The van der Waals surface area contributed by atoms with Crippen molar-refractivity contribution in [2.45, 2.75) is 38.0 Å². The Morgan fingerprint density at radius 2 is 2.25 bits per heavy atom. The minimum absolute atomic E-state index is 0.214. The van der Waals surface area contributed by atoms with E-state index in [9.17, 15) is 9.59 Å². The molecule has 92 valence electrons. The molecule has 0 spiro atoms. The summed E-state index contributed by atoms with van der Waals surface area (Å²) in [6, 6.07) is -1.44. The molecule has 1 aliphatic heterocycles. The summed E-state index contributed by atoms with van der Waals surface area (Å²) in [5, 5.41) is 9.01. The fraction of sp³-hybridized carbons (Fsp3) is 0.800. The van der Waals surface area contributed by atoms with E-state index in [1.807, 2.05) is 0 Å². The number of aliphatic carboxylic acids is 1. The van der Waals surface area contributed by atoms with Crippen molar-refractivity contribution in [2.75, 3.05) is 13.7 Å². The van der Waals surface area contributed by atoms with Crippen LogP contribution in [0, 0.1) is 0 Å². The molecule has 0 aromatic heterocycles. The van der Waals surface area contributed by atoms with Crippen LogP contribution in [0.3, 0.4) is 0 Å². The highest BCUT2D eigenvalue weighted by Gasteiger charge is 2.40. The zero-order chi connectivity index (χ0) is 12.3. The third-order valence-electron chi connectivity index (χ3n) is 2.92. The number of carboxylic acid groups (broad SMARTS) is 1. The van der Waals surface area contributed by atoms with E-state index >= 15 is 0 Å². The molecule has 0 aliphatic carbocycles. The maximum absolute atomic E-state index is 11.8. The van der Waals surface area contributed by atoms with Crippen LogP contribution in [-0.2, 0) is 14.3 Å². The van der Waals surface area contributed by atoms with Crippen molar-refractivity contribution in [1.82, 2.24) is 4.90 Å². The molecule has 1 heterocycles. The number of ether oxygens (including phenoxy) is 1. The molecule has 3 N–H and O–H groups in total. The average molecular weight is 230 g/mol. The Morgan fingerprint density at radius 3 is 2.69 bits per heavy atom. The molecule has 1 amide bonds. The lowest BCUT2D eigenvalue weighted by Crippen LogP contribution is -2.48. The lowest BCUT2D eigenvalue weighted by atomic mass is 10.1. The number of rotatable bonds is 4. The van der Waals surface area contributed by atoms with Gasteiger partial charge in [0.15, 0.2) is 0 Å². The molecular weight excluding hydrogens is 212 g/mol. The molecule has 0 bridgehead atoms. The molecule has 2 unspecified atom stereocenters. The highest BCUT2D eigenvalue weighted by Crippen LogP contribution is 2.21. The van der Waals surface area contributed by atoms with Crippen LogP contribution in [0.2, 0.25) is 0 Å². The van der Waals surface area contributed by atoms with Gasteiger partial charge in [0, 0.05) is 20.1 Å². The second-order valence-electron chi connectivity index (χ2n) is 3.95. The van der Waals surface area contributed by atoms with E-state index in [0.717, 1.165) is 0 Å². The summed E-state index contributed by atoms with van der Waals surface area (Å²) < 4.78 is 5.09. The Labute approximate surface area is 94.3 Å². The van der Waals surface area contributed by atoms with Gasteiger partial charge in [-0.25, -0.2) is 4.79 Å². The molecule has 1 rings (SSSR count). The van der Waals surface area contributed by atoms with Crippen LogP contribution in [0.15, 0.2) is 0 Å². The fourth-order valence-corrected chi connectivity index (χ4v) is 1.83. The molecule has 1 fully saturated rings. The van der Waals surface area contributed by atoms with Crippen molar-refractivity contribution in [2.24, 2.45) is 5.73 Å². The molecule has 3 atom stereocenters. The first-order valence-corrected chi connectivity index (χ1v) is 5.32. The van der Waals surface area contributed by atoms with Crippen molar-refractivity contribution >= 4 is 11.9 Å². The van der Waals surface area contributed by atoms with Crippen molar-refractivity contribution in [3.63, 3.8) is 0 Å². The van der Waals surface area contributed by atoms with Crippen LogP contribution in [-0.4, -0.2) is 53.7 Å². The highest BCUT2D eigenvalue weighted by molar-refractivity contribution is 5.87. The minimum Gasteiger partial charge on any atom is -0.480 e. The van der Waals surface area contributed by atoms with Gasteiger partial charge in [0.05, 0.1) is 12.1 Å². The zero-order valence-corrected chi connectivity index (χ0v) is 9.55. The number of nitrogens with two attached hydrogens (primary N) is 1. The Morgan fingerprint density at radius 1 is 1.62 bits per heavy atom. The van der Waals surface area contributed by atoms with Gasteiger partial charge in [0.25, 0.3) is 0 Å². The summed E-state index contributed by atoms with van der Waals surface area (Å²) in [6.45, 7) is 2.10. The average Bonchev–Trinajstić information content (AvgIpc) is 2.71. The third-order valence-corrected chi connectivity index (χ3v) is 2.92. The Balaban J connectivity index is 2.76. The van der Waals surface area contributed by atoms with Gasteiger partial charge in [-0.15, -0.1) is 0 Å². The summed E-state index contributed by atoms with van der Waals surface area (Å²) in [5.41, 5.74) is 5.62. The van der Waals surface area contributed by atoms with Crippen LogP contribution in [0.25, 0.3) is 0 Å². The predicted molar refractivity (Wildman–Crippen MR) is 56.8 cm³/mol. The van der Waals surface area contributed by atoms with Gasteiger partial charge >= 0.3 is 5.97 Å². The van der Waals surface area contributed by atoms with Crippen LogP contribution >= 0.6 is 0 Å². The molecule has 0 saturated carbocycles. The first kappa shape index (κ1) is 12.9. The molecule has 0 aromatic rings. The normalized spacial score (nSPS) is 26.8. The van der Waals surface area contributed by atoms with Crippen molar-refractivity contribution < 1.29 is 19.4 Å². The van der Waals surface area contributed by atoms with E-state index in [4.69, 9.17) is 15.6 Å². The topological polar surface area (TPSA) is 92.9 Å². The van der Waals surface area contributed by atoms with Crippen molar-refractivity contribution in [3.05, 3.63) is 0 Å². The van der Waals surface area contributed by atoms with Crippen LogP contribution in [0.4, 0.5) is 0 Å². The SMILES string of the molecule is CC[C@H](N)C(=O)N1CC(OC)CC1C(=O)O. The van der Waals surface area contributed by atoms with Crippen molar-refractivity contribution in [3.8, 4) is 0 Å². The Kier molecular flexibility index (Phi) is 4.26. The van der Waals surface area contributed by atoms with Gasteiger partial charge in [-0.05, 0) is 6.42 Å². The smallest absolute Gasteiger partial charge is 0.326 e. The molecule has 1 aliphatic rings. The molecule has 0 aromatic carbocycles. The van der Waals surface area contributed by atoms with E-state index in [2.05, 4.69) is 0 Å². The van der Waals surface area contributed by atoms with Gasteiger partial charge < -0.3 is 20.5 Å². The van der Waals surface area contributed by atoms with Gasteiger partial charge in [-0.3, -0.25) is 4.79 Å².